The summed E-state index contributed by atoms with van der Waals surface area (Å²) in [4.78, 5) is 14.0. The molecule has 106 valence electrons. The maximum Gasteiger partial charge on any atom is 0.236 e. The van der Waals surface area contributed by atoms with Gasteiger partial charge in [0.2, 0.25) is 5.91 Å². The average Bonchev–Trinajstić information content (AvgIpc) is 2.75. The summed E-state index contributed by atoms with van der Waals surface area (Å²) < 4.78 is 5.52. The summed E-state index contributed by atoms with van der Waals surface area (Å²) >= 11 is 0. The van der Waals surface area contributed by atoms with Gasteiger partial charge < -0.3 is 14.6 Å². The lowest BCUT2D eigenvalue weighted by Crippen LogP contribution is -2.41. The second kappa shape index (κ2) is 6.24. The highest BCUT2D eigenvalue weighted by molar-refractivity contribution is 5.78. The highest BCUT2D eigenvalue weighted by atomic mass is 16.3. The van der Waals surface area contributed by atoms with Gasteiger partial charge in [0.1, 0.15) is 11.5 Å². The van der Waals surface area contributed by atoms with Crippen LogP contribution in [-0.4, -0.2) is 30.4 Å². The molecule has 1 aliphatic rings. The number of carbonyl (C=O) groups excluding carboxylic acids is 1. The van der Waals surface area contributed by atoms with Crippen molar-refractivity contribution < 1.29 is 9.21 Å². The molecule has 2 rings (SSSR count). The molecule has 1 atom stereocenters. The molecule has 4 nitrogen and oxygen atoms in total. The fraction of sp³-hybridized carbons (Fsp3) is 0.667. The van der Waals surface area contributed by atoms with Gasteiger partial charge >= 0.3 is 0 Å². The lowest BCUT2D eigenvalue weighted by Gasteiger charge is -2.27. The van der Waals surface area contributed by atoms with Gasteiger partial charge in [-0.25, -0.2) is 0 Å². The molecule has 2 heterocycles. The zero-order chi connectivity index (χ0) is 13.8. The van der Waals surface area contributed by atoms with Crippen molar-refractivity contribution in [2.75, 3.05) is 19.6 Å². The Morgan fingerprint density at radius 2 is 2.05 bits per heavy atom. The molecule has 1 unspecified atom stereocenters. The second-order valence-corrected chi connectivity index (χ2v) is 5.41. The Morgan fingerprint density at radius 1 is 1.37 bits per heavy atom. The normalized spacial score (nSPS) is 17.5. The minimum absolute atomic E-state index is 0.145. The van der Waals surface area contributed by atoms with Crippen LogP contribution in [0.15, 0.2) is 10.5 Å². The molecule has 0 aromatic carbocycles. The Labute approximate surface area is 115 Å². The van der Waals surface area contributed by atoms with Crippen molar-refractivity contribution in [2.24, 2.45) is 0 Å². The van der Waals surface area contributed by atoms with Crippen LogP contribution in [-0.2, 0) is 4.79 Å². The van der Waals surface area contributed by atoms with E-state index >= 15 is 0 Å². The predicted molar refractivity (Wildman–Crippen MR) is 75.0 cm³/mol. The number of hydrogen-bond acceptors (Lipinski definition) is 3. The monoisotopic (exact) mass is 264 g/mol. The first-order valence-corrected chi connectivity index (χ1v) is 7.16. The molecule has 1 aromatic heterocycles. The number of nitrogens with one attached hydrogen (secondary N) is 1. The van der Waals surface area contributed by atoms with E-state index in [1.165, 1.54) is 6.42 Å². The Hall–Kier alpha value is -1.29. The number of hydrogen-bond donors (Lipinski definition) is 1. The number of carbonyl (C=O) groups is 1. The van der Waals surface area contributed by atoms with Crippen LogP contribution < -0.4 is 5.32 Å². The van der Waals surface area contributed by atoms with E-state index in [9.17, 15) is 4.79 Å². The van der Waals surface area contributed by atoms with Gasteiger partial charge in [0.15, 0.2) is 0 Å². The maximum absolute atomic E-state index is 12.1. The van der Waals surface area contributed by atoms with E-state index in [0.717, 1.165) is 43.0 Å². The quantitative estimate of drug-likeness (QED) is 0.909. The summed E-state index contributed by atoms with van der Waals surface area (Å²) in [6, 6.07) is 2.18. The van der Waals surface area contributed by atoms with Gasteiger partial charge in [0.05, 0.1) is 6.54 Å². The van der Waals surface area contributed by atoms with E-state index in [4.69, 9.17) is 4.42 Å². The zero-order valence-electron chi connectivity index (χ0n) is 12.2. The first-order chi connectivity index (χ1) is 9.08. The number of aryl methyl sites for hydroxylation is 2. The van der Waals surface area contributed by atoms with E-state index in [1.54, 1.807) is 0 Å². The van der Waals surface area contributed by atoms with Gasteiger partial charge in [0.25, 0.3) is 0 Å². The summed E-state index contributed by atoms with van der Waals surface area (Å²) in [6.45, 7) is 8.22. The summed E-state index contributed by atoms with van der Waals surface area (Å²) in [5, 5.41) is 3.30. The van der Waals surface area contributed by atoms with Gasteiger partial charge in [-0.3, -0.25) is 4.79 Å². The third-order valence-electron chi connectivity index (χ3n) is 3.81. The summed E-state index contributed by atoms with van der Waals surface area (Å²) in [5.41, 5.74) is 1.14. The fourth-order valence-electron chi connectivity index (χ4n) is 2.69. The van der Waals surface area contributed by atoms with E-state index in [2.05, 4.69) is 12.2 Å². The number of piperidine rings is 1. The van der Waals surface area contributed by atoms with E-state index in [1.807, 2.05) is 24.8 Å². The van der Waals surface area contributed by atoms with Crippen molar-refractivity contribution in [3.8, 4) is 0 Å². The Balaban J connectivity index is 1.84. The van der Waals surface area contributed by atoms with Crippen molar-refractivity contribution in [1.82, 2.24) is 10.2 Å². The molecule has 1 aromatic rings. The first kappa shape index (κ1) is 14.1. The number of nitrogens with zero attached hydrogens (tertiary/aromatic N) is 1. The van der Waals surface area contributed by atoms with Gasteiger partial charge in [-0.1, -0.05) is 0 Å². The smallest absolute Gasteiger partial charge is 0.236 e. The third kappa shape index (κ3) is 3.60. The van der Waals surface area contributed by atoms with Crippen LogP contribution >= 0.6 is 0 Å². The Morgan fingerprint density at radius 3 is 2.63 bits per heavy atom. The number of rotatable bonds is 4. The van der Waals surface area contributed by atoms with Crippen LogP contribution in [0.4, 0.5) is 0 Å². The van der Waals surface area contributed by atoms with Crippen LogP contribution in [0.1, 0.15) is 49.3 Å². The van der Waals surface area contributed by atoms with Crippen LogP contribution in [0.5, 0.6) is 0 Å². The molecule has 0 radical (unpaired) electrons. The largest absolute Gasteiger partial charge is 0.466 e. The molecule has 1 amide bonds. The molecule has 0 saturated carbocycles. The zero-order valence-corrected chi connectivity index (χ0v) is 12.2. The molecule has 4 heteroatoms. The molecule has 1 aliphatic heterocycles. The first-order valence-electron chi connectivity index (χ1n) is 7.16. The van der Waals surface area contributed by atoms with E-state index in [-0.39, 0.29) is 11.9 Å². The molecule has 0 aliphatic carbocycles. The molecule has 0 bridgehead atoms. The van der Waals surface area contributed by atoms with Crippen molar-refractivity contribution in [3.63, 3.8) is 0 Å². The van der Waals surface area contributed by atoms with Crippen molar-refractivity contribution in [2.45, 2.75) is 46.1 Å². The molecule has 19 heavy (non-hydrogen) atoms. The molecular weight excluding hydrogens is 240 g/mol. The van der Waals surface area contributed by atoms with Crippen molar-refractivity contribution in [1.29, 1.82) is 0 Å². The number of likely N-dealkylation sites (tertiary alicyclic amines) is 1. The van der Waals surface area contributed by atoms with E-state index < -0.39 is 0 Å². The van der Waals surface area contributed by atoms with Gasteiger partial charge in [-0.2, -0.15) is 0 Å². The number of furan rings is 1. The second-order valence-electron chi connectivity index (χ2n) is 5.41. The highest BCUT2D eigenvalue weighted by Gasteiger charge is 2.18. The predicted octanol–water partition coefficient (Wildman–Crippen LogP) is 2.56. The summed E-state index contributed by atoms with van der Waals surface area (Å²) in [5.74, 6) is 2.07. The standard InChI is InChI=1S/C15H24N2O2/c1-11-9-14(13(3)19-11)12(2)16-10-15(18)17-7-5-4-6-8-17/h9,12,16H,4-8,10H2,1-3H3. The Kier molecular flexibility index (Phi) is 4.64. The maximum atomic E-state index is 12.1. The molecule has 1 N–H and O–H groups in total. The Bertz CT molecular complexity index is 433. The van der Waals surface area contributed by atoms with Crippen LogP contribution in [0.25, 0.3) is 0 Å². The summed E-state index contributed by atoms with van der Waals surface area (Å²) in [7, 11) is 0. The van der Waals surface area contributed by atoms with Gasteiger partial charge in [-0.15, -0.1) is 0 Å². The fourth-order valence-corrected chi connectivity index (χ4v) is 2.69. The topological polar surface area (TPSA) is 45.5 Å². The van der Waals surface area contributed by atoms with Crippen LogP contribution in [0.3, 0.4) is 0 Å². The van der Waals surface area contributed by atoms with Crippen molar-refractivity contribution in [3.05, 3.63) is 23.2 Å². The third-order valence-corrected chi connectivity index (χ3v) is 3.81. The minimum Gasteiger partial charge on any atom is -0.466 e. The number of amides is 1. The summed E-state index contributed by atoms with van der Waals surface area (Å²) in [6.07, 6.45) is 3.53. The van der Waals surface area contributed by atoms with E-state index in [0.29, 0.717) is 6.54 Å². The highest BCUT2D eigenvalue weighted by Crippen LogP contribution is 2.21. The van der Waals surface area contributed by atoms with Gasteiger partial charge in [0, 0.05) is 24.7 Å². The van der Waals surface area contributed by atoms with Crippen LogP contribution in [0, 0.1) is 13.8 Å². The lowest BCUT2D eigenvalue weighted by atomic mass is 10.1. The molecule has 1 fully saturated rings. The van der Waals surface area contributed by atoms with Crippen molar-refractivity contribution >= 4 is 5.91 Å². The SMILES string of the molecule is Cc1cc(C(C)NCC(=O)N2CCCCC2)c(C)o1. The van der Waals surface area contributed by atoms with Gasteiger partial charge in [-0.05, 0) is 46.1 Å². The molecule has 0 spiro atoms. The average molecular weight is 264 g/mol. The molecule has 1 saturated heterocycles. The van der Waals surface area contributed by atoms with Crippen LogP contribution in [0.2, 0.25) is 0 Å². The molecular formula is C15H24N2O2. The lowest BCUT2D eigenvalue weighted by molar-refractivity contribution is -0.131. The minimum atomic E-state index is 0.145.